The van der Waals surface area contributed by atoms with E-state index < -0.39 is 0 Å². The molecule has 0 amide bonds. The molecule has 1 heterocycles. The average molecular weight is 235 g/mol. The number of ether oxygens (including phenoxy) is 1. The van der Waals surface area contributed by atoms with Crippen molar-refractivity contribution in [2.45, 2.75) is 13.0 Å². The van der Waals surface area contributed by atoms with Gasteiger partial charge in [0.05, 0.1) is 0 Å². The monoisotopic (exact) mass is 235 g/mol. The van der Waals surface area contributed by atoms with Crippen LogP contribution in [-0.2, 0) is 6.54 Å². The van der Waals surface area contributed by atoms with Gasteiger partial charge in [0.25, 0.3) is 0 Å². The molecule has 0 unspecified atom stereocenters. The van der Waals surface area contributed by atoms with Gasteiger partial charge in [0.2, 0.25) is 0 Å². The minimum atomic E-state index is 0.267. The van der Waals surface area contributed by atoms with Crippen LogP contribution in [0.2, 0.25) is 0 Å². The quantitative estimate of drug-likeness (QED) is 0.355. The largest absolute Gasteiger partial charge is 0.492 e. The number of hydrogen-bond acceptors (Lipinski definition) is 4. The van der Waals surface area contributed by atoms with Gasteiger partial charge in [-0.15, -0.1) is 0 Å². The summed E-state index contributed by atoms with van der Waals surface area (Å²) in [5.74, 6) is 1.22. The van der Waals surface area contributed by atoms with Gasteiger partial charge in [-0.25, -0.2) is 0 Å². The number of rotatable bonds is 3. The summed E-state index contributed by atoms with van der Waals surface area (Å²) in [5, 5.41) is 11.5. The molecule has 0 bridgehead atoms. The lowest BCUT2D eigenvalue weighted by atomic mass is 10.2. The summed E-state index contributed by atoms with van der Waals surface area (Å²) in [6, 6.07) is 8.04. The molecule has 5 heteroatoms. The number of nitrogens with two attached hydrogens (primary N) is 1. The molecule has 17 heavy (non-hydrogen) atoms. The lowest BCUT2D eigenvalue weighted by Crippen LogP contribution is -2.29. The molecule has 1 aliphatic heterocycles. The number of para-hydroxylation sites is 1. The molecule has 92 valence electrons. The molecule has 0 atom stereocenters. The third-order valence-corrected chi connectivity index (χ3v) is 2.84. The number of hydrogen-bond donors (Lipinski definition) is 2. The molecule has 5 nitrogen and oxygen atoms in total. The van der Waals surface area contributed by atoms with E-state index in [1.807, 2.05) is 18.2 Å². The summed E-state index contributed by atoms with van der Waals surface area (Å²) in [7, 11) is 0. The normalized spacial score (nSPS) is 17.1. The van der Waals surface area contributed by atoms with Crippen LogP contribution in [0.1, 0.15) is 12.0 Å². The Bertz CT molecular complexity index is 406. The van der Waals surface area contributed by atoms with Gasteiger partial charge in [-0.2, -0.15) is 0 Å². The summed E-state index contributed by atoms with van der Waals surface area (Å²) >= 11 is 0. The van der Waals surface area contributed by atoms with Crippen LogP contribution in [0.5, 0.6) is 5.75 Å². The minimum Gasteiger partial charge on any atom is -0.492 e. The highest BCUT2D eigenvalue weighted by molar-refractivity contribution is 5.79. The molecule has 0 radical (unpaired) electrons. The number of nitrogens with zero attached hydrogens (tertiary/aromatic N) is 2. The Kier molecular flexibility index (Phi) is 3.82. The standard InChI is InChI=1S/C12H17N3O2/c13-12(14-16)5-6-15-7-8-17-11-4-2-1-3-10(11)9-15/h1-4,16H,5-9H2,(H2,13,14). The molecule has 0 fully saturated rings. The maximum absolute atomic E-state index is 8.50. The van der Waals surface area contributed by atoms with Crippen molar-refractivity contribution in [1.29, 1.82) is 0 Å². The van der Waals surface area contributed by atoms with Gasteiger partial charge < -0.3 is 15.7 Å². The topological polar surface area (TPSA) is 71.1 Å². The van der Waals surface area contributed by atoms with Crippen LogP contribution in [0.4, 0.5) is 0 Å². The summed E-state index contributed by atoms with van der Waals surface area (Å²) in [4.78, 5) is 2.24. The summed E-state index contributed by atoms with van der Waals surface area (Å²) in [6.45, 7) is 3.14. The number of fused-ring (bicyclic) bond motifs is 1. The summed E-state index contributed by atoms with van der Waals surface area (Å²) < 4.78 is 5.66. The van der Waals surface area contributed by atoms with E-state index in [1.165, 1.54) is 5.56 Å². The maximum atomic E-state index is 8.50. The minimum absolute atomic E-state index is 0.267. The van der Waals surface area contributed by atoms with Crippen molar-refractivity contribution < 1.29 is 9.94 Å². The molecule has 2 rings (SSSR count). The first-order valence-electron chi connectivity index (χ1n) is 5.69. The van der Waals surface area contributed by atoms with Gasteiger partial charge in [0.15, 0.2) is 0 Å². The molecule has 1 aromatic rings. The number of amidine groups is 1. The third-order valence-electron chi connectivity index (χ3n) is 2.84. The van der Waals surface area contributed by atoms with Gasteiger partial charge in [-0.05, 0) is 6.07 Å². The highest BCUT2D eigenvalue weighted by atomic mass is 16.5. The fraction of sp³-hybridized carbons (Fsp3) is 0.417. The van der Waals surface area contributed by atoms with Crippen molar-refractivity contribution in [3.63, 3.8) is 0 Å². The van der Waals surface area contributed by atoms with Gasteiger partial charge in [-0.1, -0.05) is 23.4 Å². The second-order valence-corrected chi connectivity index (χ2v) is 4.07. The Morgan fingerprint density at radius 1 is 1.47 bits per heavy atom. The van der Waals surface area contributed by atoms with Gasteiger partial charge >= 0.3 is 0 Å². The molecular formula is C12H17N3O2. The number of oxime groups is 1. The summed E-state index contributed by atoms with van der Waals surface area (Å²) in [5.41, 5.74) is 6.65. The second-order valence-electron chi connectivity index (χ2n) is 4.07. The molecule has 0 aliphatic carbocycles. The molecule has 0 spiro atoms. The second kappa shape index (κ2) is 5.54. The fourth-order valence-electron chi connectivity index (χ4n) is 1.89. The van der Waals surface area contributed by atoms with Crippen LogP contribution in [0.15, 0.2) is 29.4 Å². The first kappa shape index (κ1) is 11.7. The Hall–Kier alpha value is -1.75. The van der Waals surface area contributed by atoms with E-state index >= 15 is 0 Å². The maximum Gasteiger partial charge on any atom is 0.140 e. The van der Waals surface area contributed by atoms with Crippen molar-refractivity contribution in [3.8, 4) is 5.75 Å². The first-order chi connectivity index (χ1) is 8.29. The van der Waals surface area contributed by atoms with E-state index in [-0.39, 0.29) is 5.84 Å². The molecule has 3 N–H and O–H groups in total. The zero-order chi connectivity index (χ0) is 12.1. The lowest BCUT2D eigenvalue weighted by Gasteiger charge is -2.18. The molecule has 1 aliphatic rings. The van der Waals surface area contributed by atoms with Crippen molar-refractivity contribution in [2.75, 3.05) is 19.7 Å². The van der Waals surface area contributed by atoms with E-state index in [2.05, 4.69) is 16.1 Å². The Balaban J connectivity index is 1.98. The SMILES string of the molecule is NC(CCN1CCOc2ccccc2C1)=NO. The molecule has 0 aromatic heterocycles. The Morgan fingerprint density at radius 2 is 2.29 bits per heavy atom. The van der Waals surface area contributed by atoms with Crippen LogP contribution in [0.25, 0.3) is 0 Å². The highest BCUT2D eigenvalue weighted by Gasteiger charge is 2.14. The lowest BCUT2D eigenvalue weighted by molar-refractivity contribution is 0.229. The molecule has 0 saturated heterocycles. The van der Waals surface area contributed by atoms with E-state index in [0.29, 0.717) is 13.0 Å². The van der Waals surface area contributed by atoms with Crippen molar-refractivity contribution in [1.82, 2.24) is 4.90 Å². The predicted molar refractivity (Wildman–Crippen MR) is 65.2 cm³/mol. The first-order valence-corrected chi connectivity index (χ1v) is 5.69. The van der Waals surface area contributed by atoms with Gasteiger partial charge in [0, 0.05) is 31.6 Å². The smallest absolute Gasteiger partial charge is 0.140 e. The average Bonchev–Trinajstić information content (AvgIpc) is 2.57. The zero-order valence-electron chi connectivity index (χ0n) is 9.67. The van der Waals surface area contributed by atoms with Crippen molar-refractivity contribution in [3.05, 3.63) is 29.8 Å². The summed E-state index contributed by atoms with van der Waals surface area (Å²) in [6.07, 6.45) is 0.568. The van der Waals surface area contributed by atoms with Crippen molar-refractivity contribution in [2.24, 2.45) is 10.9 Å². The fourth-order valence-corrected chi connectivity index (χ4v) is 1.89. The molecule has 0 saturated carbocycles. The van der Waals surface area contributed by atoms with E-state index in [9.17, 15) is 0 Å². The Labute approximate surface area is 100 Å². The highest BCUT2D eigenvalue weighted by Crippen LogP contribution is 2.22. The van der Waals surface area contributed by atoms with Crippen LogP contribution >= 0.6 is 0 Å². The molecule has 1 aromatic carbocycles. The molecular weight excluding hydrogens is 218 g/mol. The van der Waals surface area contributed by atoms with Crippen LogP contribution in [-0.4, -0.2) is 35.6 Å². The van der Waals surface area contributed by atoms with E-state index in [1.54, 1.807) is 0 Å². The van der Waals surface area contributed by atoms with Crippen LogP contribution < -0.4 is 10.5 Å². The van der Waals surface area contributed by atoms with Gasteiger partial charge in [-0.3, -0.25) is 4.90 Å². The van der Waals surface area contributed by atoms with E-state index in [0.717, 1.165) is 25.4 Å². The zero-order valence-corrected chi connectivity index (χ0v) is 9.67. The van der Waals surface area contributed by atoms with Crippen LogP contribution in [0, 0.1) is 0 Å². The predicted octanol–water partition coefficient (Wildman–Crippen LogP) is 1.02. The Morgan fingerprint density at radius 3 is 3.12 bits per heavy atom. The van der Waals surface area contributed by atoms with Crippen molar-refractivity contribution >= 4 is 5.84 Å². The third kappa shape index (κ3) is 3.10. The van der Waals surface area contributed by atoms with Gasteiger partial charge in [0.1, 0.15) is 18.2 Å². The van der Waals surface area contributed by atoms with E-state index in [4.69, 9.17) is 15.7 Å². The number of benzene rings is 1. The van der Waals surface area contributed by atoms with Crippen LogP contribution in [0.3, 0.4) is 0 Å².